The topological polar surface area (TPSA) is 94.6 Å². The summed E-state index contributed by atoms with van der Waals surface area (Å²) in [6.45, 7) is 0. The van der Waals surface area contributed by atoms with Gasteiger partial charge in [-0.3, -0.25) is 4.79 Å². The molecule has 0 aliphatic carbocycles. The summed E-state index contributed by atoms with van der Waals surface area (Å²) in [5, 5.41) is 5.90. The fourth-order valence-electron chi connectivity index (χ4n) is 3.60. The molecule has 0 atom stereocenters. The van der Waals surface area contributed by atoms with Gasteiger partial charge in [-0.15, -0.1) is 24.9 Å². The number of carbonyl (C=O) groups is 1. The number of ether oxygens (including phenoxy) is 3. The Hall–Kier alpha value is -4.45. The predicted molar refractivity (Wildman–Crippen MR) is 143 cm³/mol. The Balaban J connectivity index is 1.50. The summed E-state index contributed by atoms with van der Waals surface area (Å²) in [7, 11) is 3.00. The van der Waals surface area contributed by atoms with E-state index in [1.807, 2.05) is 6.26 Å². The van der Waals surface area contributed by atoms with Crippen LogP contribution in [0, 0.1) is 0 Å². The zero-order valence-corrected chi connectivity index (χ0v) is 21.8. The number of amides is 1. The van der Waals surface area contributed by atoms with Gasteiger partial charge in [0, 0.05) is 23.0 Å². The van der Waals surface area contributed by atoms with Crippen LogP contribution in [0.1, 0.15) is 10.4 Å². The van der Waals surface area contributed by atoms with E-state index in [1.54, 1.807) is 48.7 Å². The van der Waals surface area contributed by atoms with Crippen LogP contribution in [0.25, 0.3) is 11.3 Å². The summed E-state index contributed by atoms with van der Waals surface area (Å²) in [5.74, 6) is 0.521. The molecule has 0 saturated heterocycles. The molecule has 0 aliphatic rings. The standard InChI is InChI=1S/C27H23F3N4O4S/c1-36-20-5-4-6-21(37-2)24(20)33-25(35)17-7-11-18(12-8-17)32-26-31-15-22(39-3)23(34-26)16-9-13-19(14-10-16)38-27(28,29)30/h4-15H,1-3H3,(H,33,35)(H,31,32,34). The van der Waals surface area contributed by atoms with E-state index in [4.69, 9.17) is 9.47 Å². The summed E-state index contributed by atoms with van der Waals surface area (Å²) < 4.78 is 52.0. The summed E-state index contributed by atoms with van der Waals surface area (Å²) in [4.78, 5) is 22.5. The Morgan fingerprint density at radius 1 is 0.923 bits per heavy atom. The summed E-state index contributed by atoms with van der Waals surface area (Å²) in [6.07, 6.45) is -1.30. The molecule has 39 heavy (non-hydrogen) atoms. The van der Waals surface area contributed by atoms with Crippen LogP contribution in [-0.4, -0.2) is 42.7 Å². The Morgan fingerprint density at radius 3 is 2.13 bits per heavy atom. The van der Waals surface area contributed by atoms with E-state index in [-0.39, 0.29) is 17.6 Å². The number of anilines is 3. The van der Waals surface area contributed by atoms with Gasteiger partial charge in [-0.05, 0) is 66.9 Å². The van der Waals surface area contributed by atoms with Crippen molar-refractivity contribution in [3.8, 4) is 28.5 Å². The van der Waals surface area contributed by atoms with Crippen LogP contribution in [0.2, 0.25) is 0 Å². The van der Waals surface area contributed by atoms with E-state index in [9.17, 15) is 18.0 Å². The first-order valence-corrected chi connectivity index (χ1v) is 12.6. The van der Waals surface area contributed by atoms with Gasteiger partial charge >= 0.3 is 6.36 Å². The van der Waals surface area contributed by atoms with Crippen LogP contribution in [0.4, 0.5) is 30.5 Å². The molecule has 0 bridgehead atoms. The van der Waals surface area contributed by atoms with Gasteiger partial charge in [-0.2, -0.15) is 0 Å². The molecule has 3 aromatic carbocycles. The number of para-hydroxylation sites is 1. The third kappa shape index (κ3) is 6.90. The second-order valence-corrected chi connectivity index (χ2v) is 8.72. The van der Waals surface area contributed by atoms with E-state index < -0.39 is 6.36 Å². The Labute approximate surface area is 226 Å². The van der Waals surface area contributed by atoms with Crippen molar-refractivity contribution in [1.82, 2.24) is 9.97 Å². The van der Waals surface area contributed by atoms with Crippen LogP contribution in [0.3, 0.4) is 0 Å². The third-order valence-electron chi connectivity index (χ3n) is 5.41. The third-order valence-corrected chi connectivity index (χ3v) is 6.14. The van der Waals surface area contributed by atoms with E-state index in [0.29, 0.717) is 39.7 Å². The first kappa shape index (κ1) is 27.6. The van der Waals surface area contributed by atoms with Gasteiger partial charge in [0.15, 0.2) is 0 Å². The number of hydrogen-bond acceptors (Lipinski definition) is 8. The molecule has 0 spiro atoms. The Bertz CT molecular complexity index is 1430. The van der Waals surface area contributed by atoms with E-state index in [1.165, 1.54) is 50.2 Å². The summed E-state index contributed by atoms with van der Waals surface area (Å²) in [6, 6.07) is 17.3. The molecule has 4 rings (SSSR count). The highest BCUT2D eigenvalue weighted by Crippen LogP contribution is 2.35. The number of thioether (sulfide) groups is 1. The van der Waals surface area contributed by atoms with Crippen LogP contribution >= 0.6 is 11.8 Å². The smallest absolute Gasteiger partial charge is 0.494 e. The number of nitrogens with one attached hydrogen (secondary N) is 2. The number of alkyl halides is 3. The number of hydrogen-bond donors (Lipinski definition) is 2. The molecule has 202 valence electrons. The van der Waals surface area contributed by atoms with Gasteiger partial charge in [0.25, 0.3) is 5.91 Å². The highest BCUT2D eigenvalue weighted by molar-refractivity contribution is 7.98. The highest BCUT2D eigenvalue weighted by Gasteiger charge is 2.31. The minimum Gasteiger partial charge on any atom is -0.494 e. The molecule has 2 N–H and O–H groups in total. The zero-order chi connectivity index (χ0) is 28.0. The molecule has 4 aromatic rings. The number of methoxy groups -OCH3 is 2. The lowest BCUT2D eigenvalue weighted by atomic mass is 10.1. The molecule has 1 heterocycles. The monoisotopic (exact) mass is 556 g/mol. The molecular formula is C27H23F3N4O4S. The molecule has 8 nitrogen and oxygen atoms in total. The average molecular weight is 557 g/mol. The second-order valence-electron chi connectivity index (χ2n) is 7.88. The van der Waals surface area contributed by atoms with Crippen molar-refractivity contribution in [2.45, 2.75) is 11.3 Å². The molecule has 0 radical (unpaired) electrons. The molecule has 0 fully saturated rings. The second kappa shape index (κ2) is 11.9. The first-order chi connectivity index (χ1) is 18.7. The summed E-state index contributed by atoms with van der Waals surface area (Å²) in [5.41, 5.74) is 2.58. The maximum Gasteiger partial charge on any atom is 0.573 e. The SMILES string of the molecule is COc1cccc(OC)c1NC(=O)c1ccc(Nc2ncc(SC)c(-c3ccc(OC(F)(F)F)cc3)n2)cc1. The molecule has 1 amide bonds. The lowest BCUT2D eigenvalue weighted by Gasteiger charge is -2.14. The minimum atomic E-state index is -4.77. The fraction of sp³-hybridized carbons (Fsp3) is 0.148. The quantitative estimate of drug-likeness (QED) is 0.218. The largest absolute Gasteiger partial charge is 0.573 e. The van der Waals surface area contributed by atoms with Crippen molar-refractivity contribution in [1.29, 1.82) is 0 Å². The van der Waals surface area contributed by atoms with Gasteiger partial charge < -0.3 is 24.8 Å². The van der Waals surface area contributed by atoms with Crippen molar-refractivity contribution in [2.24, 2.45) is 0 Å². The molecule has 0 aliphatic heterocycles. The van der Waals surface area contributed by atoms with Crippen molar-refractivity contribution < 1.29 is 32.2 Å². The number of nitrogens with zero attached hydrogens (tertiary/aromatic N) is 2. The first-order valence-electron chi connectivity index (χ1n) is 11.4. The molecular weight excluding hydrogens is 533 g/mol. The van der Waals surface area contributed by atoms with Gasteiger partial charge in [0.05, 0.1) is 24.8 Å². The lowest BCUT2D eigenvalue weighted by molar-refractivity contribution is -0.274. The molecule has 0 saturated carbocycles. The predicted octanol–water partition coefficient (Wildman–Crippen LogP) is 6.78. The number of carbonyl (C=O) groups excluding carboxylic acids is 1. The molecule has 0 unspecified atom stereocenters. The van der Waals surface area contributed by atoms with Gasteiger partial charge in [-0.25, -0.2) is 9.97 Å². The number of benzene rings is 3. The lowest BCUT2D eigenvalue weighted by Crippen LogP contribution is -2.16. The zero-order valence-electron chi connectivity index (χ0n) is 21.0. The fourth-order valence-corrected chi connectivity index (χ4v) is 4.11. The maximum atomic E-state index is 12.9. The number of aromatic nitrogens is 2. The highest BCUT2D eigenvalue weighted by atomic mass is 32.2. The van der Waals surface area contributed by atoms with Crippen LogP contribution in [0.15, 0.2) is 77.8 Å². The van der Waals surface area contributed by atoms with E-state index in [0.717, 1.165) is 4.90 Å². The van der Waals surface area contributed by atoms with Crippen LogP contribution in [-0.2, 0) is 0 Å². The van der Waals surface area contributed by atoms with Gasteiger partial charge in [-0.1, -0.05) is 6.07 Å². The van der Waals surface area contributed by atoms with Crippen LogP contribution in [0.5, 0.6) is 17.2 Å². The van der Waals surface area contributed by atoms with Gasteiger partial charge in [0.1, 0.15) is 22.9 Å². The normalized spacial score (nSPS) is 11.0. The summed E-state index contributed by atoms with van der Waals surface area (Å²) >= 11 is 1.40. The van der Waals surface area contributed by atoms with Crippen molar-refractivity contribution in [3.63, 3.8) is 0 Å². The van der Waals surface area contributed by atoms with Crippen molar-refractivity contribution in [3.05, 3.63) is 78.5 Å². The van der Waals surface area contributed by atoms with Gasteiger partial charge in [0.2, 0.25) is 5.95 Å². The number of rotatable bonds is 9. The molecule has 1 aromatic heterocycles. The van der Waals surface area contributed by atoms with E-state index >= 15 is 0 Å². The molecule has 12 heteroatoms. The minimum absolute atomic E-state index is 0.273. The average Bonchev–Trinajstić information content (AvgIpc) is 2.93. The van der Waals surface area contributed by atoms with Crippen LogP contribution < -0.4 is 24.8 Å². The van der Waals surface area contributed by atoms with E-state index in [2.05, 4.69) is 25.3 Å². The van der Waals surface area contributed by atoms with Crippen molar-refractivity contribution >= 4 is 35.0 Å². The Kier molecular flexibility index (Phi) is 8.45. The Morgan fingerprint density at radius 2 is 1.56 bits per heavy atom. The maximum absolute atomic E-state index is 12.9. The number of halogens is 3. The van der Waals surface area contributed by atoms with Crippen molar-refractivity contribution in [2.75, 3.05) is 31.1 Å².